The van der Waals surface area contributed by atoms with E-state index in [1.165, 1.54) is 23.9 Å². The monoisotopic (exact) mass is 458 g/mol. The Kier molecular flexibility index (Phi) is 7.70. The molecule has 0 bridgehead atoms. The Labute approximate surface area is 183 Å². The second kappa shape index (κ2) is 9.37. The van der Waals surface area contributed by atoms with Crippen LogP contribution >= 0.6 is 0 Å². The van der Waals surface area contributed by atoms with Crippen molar-refractivity contribution in [1.82, 2.24) is 9.55 Å². The van der Waals surface area contributed by atoms with E-state index < -0.39 is 57.0 Å². The Morgan fingerprint density at radius 2 is 2.03 bits per heavy atom. The number of carbonyl (C=O) groups excluding carboxylic acids is 1. The summed E-state index contributed by atoms with van der Waals surface area (Å²) in [6.45, 7) is 11.6. The molecule has 11 heteroatoms. The topological polar surface area (TPSA) is 129 Å². The molecule has 0 aliphatic carbocycles. The summed E-state index contributed by atoms with van der Waals surface area (Å²) in [4.78, 5) is 28.7. The van der Waals surface area contributed by atoms with Crippen molar-refractivity contribution in [3.8, 4) is 5.88 Å². The predicted molar refractivity (Wildman–Crippen MR) is 114 cm³/mol. The van der Waals surface area contributed by atoms with Gasteiger partial charge in [0, 0.05) is 12.3 Å². The van der Waals surface area contributed by atoms with Crippen LogP contribution < -0.4 is 10.4 Å². The third kappa shape index (κ3) is 5.17. The maximum absolute atomic E-state index is 12.7. The van der Waals surface area contributed by atoms with Crippen molar-refractivity contribution >= 4 is 14.3 Å². The van der Waals surface area contributed by atoms with Crippen LogP contribution in [0.1, 0.15) is 40.3 Å². The van der Waals surface area contributed by atoms with E-state index in [2.05, 4.69) is 4.98 Å². The summed E-state index contributed by atoms with van der Waals surface area (Å²) >= 11 is 0. The molecular weight excluding hydrogens is 424 g/mol. The summed E-state index contributed by atoms with van der Waals surface area (Å²) in [5.74, 6) is -0.529. The van der Waals surface area contributed by atoms with Gasteiger partial charge in [0.05, 0.1) is 26.7 Å². The second-order valence-electron chi connectivity index (χ2n) is 9.13. The van der Waals surface area contributed by atoms with Crippen LogP contribution in [0.4, 0.5) is 0 Å². The first-order chi connectivity index (χ1) is 14.3. The highest BCUT2D eigenvalue weighted by atomic mass is 28.4. The van der Waals surface area contributed by atoms with Gasteiger partial charge in [0.1, 0.15) is 17.8 Å². The van der Waals surface area contributed by atoms with Gasteiger partial charge < -0.3 is 28.8 Å². The first-order valence-electron chi connectivity index (χ1n) is 10.3. The van der Waals surface area contributed by atoms with Gasteiger partial charge >= 0.3 is 11.7 Å². The van der Waals surface area contributed by atoms with E-state index in [4.69, 9.17) is 18.6 Å². The molecule has 1 aromatic heterocycles. The molecule has 0 spiro atoms. The number of hydrogen-bond donors (Lipinski definition) is 2. The number of aliphatic hydroxyl groups excluding tert-OH is 1. The molecule has 10 nitrogen and oxygen atoms in total. The van der Waals surface area contributed by atoms with Gasteiger partial charge in [0.25, 0.3) is 0 Å². The quantitative estimate of drug-likeness (QED) is 0.436. The van der Waals surface area contributed by atoms with Crippen molar-refractivity contribution in [3.05, 3.63) is 22.7 Å². The molecule has 2 heterocycles. The molecule has 4 atom stereocenters. The highest BCUT2D eigenvalue weighted by Crippen LogP contribution is 2.46. The normalized spacial score (nSPS) is 26.7. The molecule has 0 saturated carbocycles. The van der Waals surface area contributed by atoms with Gasteiger partial charge in [-0.25, -0.2) is 4.79 Å². The molecule has 0 unspecified atom stereocenters. The zero-order valence-electron chi connectivity index (χ0n) is 19.2. The fraction of sp³-hybridized carbons (Fsp3) is 0.750. The molecule has 2 rings (SSSR count). The van der Waals surface area contributed by atoms with Crippen molar-refractivity contribution in [3.63, 3.8) is 0 Å². The van der Waals surface area contributed by atoms with E-state index in [-0.39, 0.29) is 10.9 Å². The lowest BCUT2D eigenvalue weighted by molar-refractivity contribution is -0.154. The summed E-state index contributed by atoms with van der Waals surface area (Å²) in [7, 11) is -1.31. The summed E-state index contributed by atoms with van der Waals surface area (Å²) in [6, 6.07) is 1.50. The van der Waals surface area contributed by atoms with Gasteiger partial charge in [-0.05, 0) is 25.1 Å². The predicted octanol–water partition coefficient (Wildman–Crippen LogP) is 1.22. The molecule has 2 N–H and O–H groups in total. The van der Waals surface area contributed by atoms with Gasteiger partial charge in [0.2, 0.25) is 5.88 Å². The number of esters is 1. The average molecular weight is 459 g/mol. The maximum atomic E-state index is 12.7. The van der Waals surface area contributed by atoms with Crippen LogP contribution in [-0.4, -0.2) is 72.2 Å². The summed E-state index contributed by atoms with van der Waals surface area (Å²) in [6.07, 6.45) is -2.45. The minimum absolute atomic E-state index is 0.159. The molecule has 176 valence electrons. The van der Waals surface area contributed by atoms with Gasteiger partial charge in [-0.1, -0.05) is 20.8 Å². The molecule has 1 aliphatic rings. The van der Waals surface area contributed by atoms with Crippen molar-refractivity contribution in [2.45, 2.75) is 76.3 Å². The molecule has 0 radical (unpaired) electrons. The van der Waals surface area contributed by atoms with E-state index in [0.717, 1.165) is 0 Å². The SMILES string of the molecule is CCOc1ccn([C@@H]2O[C@H](CO)[C@](O)(CC(=O)OC)[C@H]2O[Si](C)(C)C(C)(C)C)c(=O)n1. The first-order valence-corrected chi connectivity index (χ1v) is 13.2. The van der Waals surface area contributed by atoms with Crippen molar-refractivity contribution < 1.29 is 33.6 Å². The maximum Gasteiger partial charge on any atom is 0.353 e. The van der Waals surface area contributed by atoms with E-state index in [1.807, 2.05) is 33.9 Å². The molecule has 0 amide bonds. The molecule has 1 aromatic rings. The van der Waals surface area contributed by atoms with Crippen molar-refractivity contribution in [2.24, 2.45) is 0 Å². The Balaban J connectivity index is 2.57. The number of rotatable bonds is 8. The first kappa shape index (κ1) is 25.5. The van der Waals surface area contributed by atoms with Crippen LogP contribution in [0.5, 0.6) is 5.88 Å². The highest BCUT2D eigenvalue weighted by Gasteiger charge is 2.60. The summed E-state index contributed by atoms with van der Waals surface area (Å²) in [5.41, 5.74) is -2.58. The molecule has 0 aromatic carbocycles. The zero-order chi connectivity index (χ0) is 23.6. The number of nitrogens with zero attached hydrogens (tertiary/aromatic N) is 2. The van der Waals surface area contributed by atoms with Crippen molar-refractivity contribution in [1.29, 1.82) is 0 Å². The third-order valence-electron chi connectivity index (χ3n) is 6.03. The summed E-state index contributed by atoms with van der Waals surface area (Å²) in [5, 5.41) is 21.2. The third-order valence-corrected chi connectivity index (χ3v) is 10.5. The highest BCUT2D eigenvalue weighted by molar-refractivity contribution is 6.74. The van der Waals surface area contributed by atoms with E-state index in [9.17, 15) is 19.8 Å². The smallest absolute Gasteiger partial charge is 0.353 e. The lowest BCUT2D eigenvalue weighted by Crippen LogP contribution is -2.57. The molecule has 31 heavy (non-hydrogen) atoms. The Morgan fingerprint density at radius 3 is 2.52 bits per heavy atom. The molecule has 1 aliphatic heterocycles. The van der Waals surface area contributed by atoms with Crippen LogP contribution in [0.3, 0.4) is 0 Å². The van der Waals surface area contributed by atoms with E-state index in [0.29, 0.717) is 6.61 Å². The second-order valence-corrected chi connectivity index (χ2v) is 13.9. The minimum Gasteiger partial charge on any atom is -0.478 e. The average Bonchev–Trinajstić information content (AvgIpc) is 2.92. The van der Waals surface area contributed by atoms with Gasteiger partial charge in [-0.15, -0.1) is 0 Å². The largest absolute Gasteiger partial charge is 0.478 e. The molecular formula is C20H34N2O8Si. The number of methoxy groups -OCH3 is 1. The Morgan fingerprint density at radius 1 is 1.39 bits per heavy atom. The number of carbonyl (C=O) groups is 1. The number of aliphatic hydroxyl groups is 2. The molecule has 1 saturated heterocycles. The number of hydrogen-bond acceptors (Lipinski definition) is 9. The van der Waals surface area contributed by atoms with Crippen LogP contribution in [0.2, 0.25) is 18.1 Å². The van der Waals surface area contributed by atoms with Crippen LogP contribution in [-0.2, 0) is 18.7 Å². The van der Waals surface area contributed by atoms with Gasteiger partial charge in [0.15, 0.2) is 14.5 Å². The van der Waals surface area contributed by atoms with Gasteiger partial charge in [-0.2, -0.15) is 4.98 Å². The van der Waals surface area contributed by atoms with E-state index >= 15 is 0 Å². The minimum atomic E-state index is -2.51. The van der Waals surface area contributed by atoms with Crippen LogP contribution in [0, 0.1) is 0 Å². The Bertz CT molecular complexity index is 837. The van der Waals surface area contributed by atoms with Gasteiger partial charge in [-0.3, -0.25) is 9.36 Å². The number of ether oxygens (including phenoxy) is 3. The lowest BCUT2D eigenvalue weighted by Gasteiger charge is -2.43. The zero-order valence-corrected chi connectivity index (χ0v) is 20.2. The lowest BCUT2D eigenvalue weighted by atomic mass is 9.88. The number of aromatic nitrogens is 2. The fourth-order valence-electron chi connectivity index (χ4n) is 3.19. The Hall–Kier alpha value is -1.79. The summed E-state index contributed by atoms with van der Waals surface area (Å²) < 4.78 is 23.6. The van der Waals surface area contributed by atoms with Crippen LogP contribution in [0.25, 0.3) is 0 Å². The standard InChI is InChI=1S/C20H34N2O8Si/c1-8-28-14-9-10-22(18(25)21-14)17-16(30-31(6,7)19(2,3)4)20(26,11-15(24)27-5)13(12-23)29-17/h9-10,13,16-17,23,26H,8,11-12H2,1-7H3/t13-,16+,17-,20-/m1/s1. The van der Waals surface area contributed by atoms with Crippen LogP contribution in [0.15, 0.2) is 17.1 Å². The van der Waals surface area contributed by atoms with E-state index in [1.54, 1.807) is 6.92 Å². The van der Waals surface area contributed by atoms with Crippen molar-refractivity contribution in [2.75, 3.05) is 20.3 Å². The fourth-order valence-corrected chi connectivity index (χ4v) is 4.50. The molecule has 1 fully saturated rings.